The van der Waals surface area contributed by atoms with Gasteiger partial charge in [0.2, 0.25) is 0 Å². The first-order valence-electron chi connectivity index (χ1n) is 6.38. The number of nitrogens with one attached hydrogen (secondary N) is 2. The summed E-state index contributed by atoms with van der Waals surface area (Å²) >= 11 is 6.18. The van der Waals surface area contributed by atoms with Crippen molar-refractivity contribution in [3.8, 4) is 5.75 Å². The van der Waals surface area contributed by atoms with E-state index in [-0.39, 0.29) is 6.04 Å². The molecule has 5 heteroatoms. The SMILES string of the molecule is CNC(Cc1cc(Cl)cc2c1OCC2)c1ncc[nH]1. The van der Waals surface area contributed by atoms with Crippen LogP contribution >= 0.6 is 11.6 Å². The van der Waals surface area contributed by atoms with Crippen molar-refractivity contribution >= 4 is 11.6 Å². The number of H-pyrrole nitrogens is 1. The van der Waals surface area contributed by atoms with Gasteiger partial charge in [-0.2, -0.15) is 0 Å². The van der Waals surface area contributed by atoms with Crippen molar-refractivity contribution in [2.75, 3.05) is 13.7 Å². The topological polar surface area (TPSA) is 49.9 Å². The number of hydrogen-bond acceptors (Lipinski definition) is 3. The lowest BCUT2D eigenvalue weighted by Gasteiger charge is -2.16. The van der Waals surface area contributed by atoms with Crippen molar-refractivity contribution < 1.29 is 4.74 Å². The van der Waals surface area contributed by atoms with Crippen LogP contribution in [-0.4, -0.2) is 23.6 Å². The number of halogens is 1. The summed E-state index contributed by atoms with van der Waals surface area (Å²) in [4.78, 5) is 7.45. The summed E-state index contributed by atoms with van der Waals surface area (Å²) < 4.78 is 5.73. The summed E-state index contributed by atoms with van der Waals surface area (Å²) in [5.74, 6) is 1.92. The zero-order valence-corrected chi connectivity index (χ0v) is 11.5. The molecule has 100 valence electrons. The van der Waals surface area contributed by atoms with Crippen LogP contribution in [0.5, 0.6) is 5.75 Å². The van der Waals surface area contributed by atoms with Crippen LogP contribution in [0.25, 0.3) is 0 Å². The first-order chi connectivity index (χ1) is 9.28. The molecule has 2 N–H and O–H groups in total. The Morgan fingerprint density at radius 3 is 3.16 bits per heavy atom. The van der Waals surface area contributed by atoms with Gasteiger partial charge >= 0.3 is 0 Å². The van der Waals surface area contributed by atoms with Gasteiger partial charge in [0.25, 0.3) is 0 Å². The zero-order chi connectivity index (χ0) is 13.2. The van der Waals surface area contributed by atoms with E-state index < -0.39 is 0 Å². The van der Waals surface area contributed by atoms with Crippen molar-refractivity contribution in [3.63, 3.8) is 0 Å². The van der Waals surface area contributed by atoms with Gasteiger partial charge in [-0.3, -0.25) is 0 Å². The molecule has 3 rings (SSSR count). The summed E-state index contributed by atoms with van der Waals surface area (Å²) in [6.07, 6.45) is 5.33. The smallest absolute Gasteiger partial charge is 0.125 e. The van der Waals surface area contributed by atoms with Gasteiger partial charge in [-0.05, 0) is 36.7 Å². The maximum atomic E-state index is 6.18. The van der Waals surface area contributed by atoms with E-state index in [2.05, 4.69) is 15.3 Å². The molecule has 0 fully saturated rings. The van der Waals surface area contributed by atoms with Gasteiger partial charge in [-0.1, -0.05) is 11.6 Å². The molecule has 0 saturated heterocycles. The lowest BCUT2D eigenvalue weighted by molar-refractivity contribution is 0.351. The van der Waals surface area contributed by atoms with Gasteiger partial charge in [-0.15, -0.1) is 0 Å². The molecule has 1 unspecified atom stereocenters. The molecule has 19 heavy (non-hydrogen) atoms. The Hall–Kier alpha value is -1.52. The van der Waals surface area contributed by atoms with E-state index in [1.807, 2.05) is 25.4 Å². The second kappa shape index (κ2) is 5.23. The molecule has 2 heterocycles. The Kier molecular flexibility index (Phi) is 3.44. The number of benzene rings is 1. The second-order valence-electron chi connectivity index (χ2n) is 4.67. The van der Waals surface area contributed by atoms with Gasteiger partial charge in [0, 0.05) is 23.8 Å². The fraction of sp³-hybridized carbons (Fsp3) is 0.357. The number of aromatic nitrogens is 2. The molecule has 1 aliphatic rings. The maximum absolute atomic E-state index is 6.18. The van der Waals surface area contributed by atoms with Crippen LogP contribution in [0.4, 0.5) is 0 Å². The molecule has 2 aromatic rings. The maximum Gasteiger partial charge on any atom is 0.125 e. The van der Waals surface area contributed by atoms with E-state index in [4.69, 9.17) is 16.3 Å². The Morgan fingerprint density at radius 2 is 2.42 bits per heavy atom. The highest BCUT2D eigenvalue weighted by molar-refractivity contribution is 6.30. The highest BCUT2D eigenvalue weighted by Gasteiger charge is 2.21. The van der Waals surface area contributed by atoms with Gasteiger partial charge in [0.1, 0.15) is 11.6 Å². The largest absolute Gasteiger partial charge is 0.493 e. The van der Waals surface area contributed by atoms with E-state index in [0.29, 0.717) is 0 Å². The molecule has 1 aliphatic heterocycles. The number of ether oxygens (including phenoxy) is 1. The molecule has 0 amide bonds. The number of likely N-dealkylation sites (N-methyl/N-ethyl adjacent to an activating group) is 1. The van der Waals surface area contributed by atoms with Crippen LogP contribution in [0.1, 0.15) is 23.0 Å². The monoisotopic (exact) mass is 277 g/mol. The van der Waals surface area contributed by atoms with Crippen LogP contribution < -0.4 is 10.1 Å². The van der Waals surface area contributed by atoms with E-state index in [0.717, 1.165) is 41.6 Å². The van der Waals surface area contributed by atoms with Crippen molar-refractivity contribution in [3.05, 3.63) is 46.5 Å². The lowest BCUT2D eigenvalue weighted by atomic mass is 10.0. The average molecular weight is 278 g/mol. The van der Waals surface area contributed by atoms with Crippen LogP contribution in [0, 0.1) is 0 Å². The van der Waals surface area contributed by atoms with Gasteiger partial charge in [-0.25, -0.2) is 4.98 Å². The number of nitrogens with zero attached hydrogens (tertiary/aromatic N) is 1. The molecule has 0 radical (unpaired) electrons. The Balaban J connectivity index is 1.90. The molecule has 0 aliphatic carbocycles. The third-order valence-corrected chi connectivity index (χ3v) is 3.67. The fourth-order valence-electron chi connectivity index (χ4n) is 2.52. The van der Waals surface area contributed by atoms with E-state index in [1.54, 1.807) is 6.20 Å². The predicted octanol–water partition coefficient (Wildman–Crippen LogP) is 2.50. The quantitative estimate of drug-likeness (QED) is 0.903. The predicted molar refractivity (Wildman–Crippen MR) is 74.7 cm³/mol. The third kappa shape index (κ3) is 2.46. The minimum atomic E-state index is 0.127. The molecule has 0 bridgehead atoms. The molecular weight excluding hydrogens is 262 g/mol. The first kappa shape index (κ1) is 12.5. The van der Waals surface area contributed by atoms with Gasteiger partial charge < -0.3 is 15.0 Å². The standard InChI is InChI=1S/C14H16ClN3O/c1-16-12(14-17-3-4-18-14)8-10-7-11(15)6-9-2-5-19-13(9)10/h3-4,6-7,12,16H,2,5,8H2,1H3,(H,17,18). The molecule has 1 aromatic carbocycles. The molecule has 0 spiro atoms. The van der Waals surface area contributed by atoms with Crippen molar-refractivity contribution in [2.24, 2.45) is 0 Å². The Morgan fingerprint density at radius 1 is 1.53 bits per heavy atom. The van der Waals surface area contributed by atoms with Crippen LogP contribution in [-0.2, 0) is 12.8 Å². The van der Waals surface area contributed by atoms with Crippen molar-refractivity contribution in [1.29, 1.82) is 0 Å². The normalized spacial score (nSPS) is 15.1. The number of aromatic amines is 1. The van der Waals surface area contributed by atoms with E-state index >= 15 is 0 Å². The van der Waals surface area contributed by atoms with Crippen molar-refractivity contribution in [2.45, 2.75) is 18.9 Å². The summed E-state index contributed by atoms with van der Waals surface area (Å²) in [5, 5.41) is 4.04. The Bertz CT molecular complexity index is 568. The van der Waals surface area contributed by atoms with E-state index in [9.17, 15) is 0 Å². The number of hydrogen-bond donors (Lipinski definition) is 2. The molecule has 0 saturated carbocycles. The average Bonchev–Trinajstić information content (AvgIpc) is 3.05. The number of rotatable bonds is 4. The summed E-state index contributed by atoms with van der Waals surface area (Å²) in [5.41, 5.74) is 2.34. The van der Waals surface area contributed by atoms with Crippen LogP contribution in [0.2, 0.25) is 5.02 Å². The minimum absolute atomic E-state index is 0.127. The van der Waals surface area contributed by atoms with E-state index in [1.165, 1.54) is 5.56 Å². The lowest BCUT2D eigenvalue weighted by Crippen LogP contribution is -2.20. The highest BCUT2D eigenvalue weighted by atomic mass is 35.5. The van der Waals surface area contributed by atoms with Gasteiger partial charge in [0.05, 0.1) is 12.6 Å². The number of fused-ring (bicyclic) bond motifs is 1. The van der Waals surface area contributed by atoms with Crippen molar-refractivity contribution in [1.82, 2.24) is 15.3 Å². The molecule has 4 nitrogen and oxygen atoms in total. The van der Waals surface area contributed by atoms with Crippen LogP contribution in [0.3, 0.4) is 0 Å². The second-order valence-corrected chi connectivity index (χ2v) is 5.11. The highest BCUT2D eigenvalue weighted by Crippen LogP contribution is 2.34. The fourth-order valence-corrected chi connectivity index (χ4v) is 2.78. The molecule has 1 atom stereocenters. The third-order valence-electron chi connectivity index (χ3n) is 3.45. The van der Waals surface area contributed by atoms with Crippen LogP contribution in [0.15, 0.2) is 24.5 Å². The summed E-state index contributed by atoms with van der Waals surface area (Å²) in [6.45, 7) is 0.744. The first-order valence-corrected chi connectivity index (χ1v) is 6.76. The Labute approximate surface area is 117 Å². The zero-order valence-electron chi connectivity index (χ0n) is 10.7. The molecule has 1 aromatic heterocycles. The summed E-state index contributed by atoms with van der Waals surface area (Å²) in [6, 6.07) is 4.11. The van der Waals surface area contributed by atoms with Gasteiger partial charge in [0.15, 0.2) is 0 Å². The minimum Gasteiger partial charge on any atom is -0.493 e. The number of imidazole rings is 1. The molecular formula is C14H16ClN3O. The summed E-state index contributed by atoms with van der Waals surface area (Å²) in [7, 11) is 1.93.